The van der Waals surface area contributed by atoms with Crippen molar-refractivity contribution in [3.05, 3.63) is 0 Å². The molecule has 2 rings (SSSR count). The second-order valence-electron chi connectivity index (χ2n) is 5.99. The molecule has 2 saturated heterocycles. The van der Waals surface area contributed by atoms with Gasteiger partial charge in [-0.2, -0.15) is 0 Å². The average Bonchev–Trinajstić information content (AvgIpc) is 2.52. The molecular weight excluding hydrogens is 290 g/mol. The quantitative estimate of drug-likeness (QED) is 0.699. The minimum atomic E-state index is -3.19. The maximum absolute atomic E-state index is 12.1. The Hall–Kier alpha value is -0.210. The highest BCUT2D eigenvalue weighted by atomic mass is 32.2. The fourth-order valence-electron chi connectivity index (χ4n) is 2.95. The second kappa shape index (κ2) is 8.43. The standard InChI is InChI=1S/C14H29N3O3S/c1-2-17-8-9-20-14(12-17)11-16-21(18,19)10-6-13-5-3-4-7-15-13/h13-16H,2-12H2,1H3. The molecule has 0 spiro atoms. The molecule has 0 aromatic rings. The number of nitrogens with zero attached hydrogens (tertiary/aromatic N) is 1. The monoisotopic (exact) mass is 319 g/mol. The Morgan fingerprint density at radius 3 is 2.95 bits per heavy atom. The van der Waals surface area contributed by atoms with Crippen LogP contribution < -0.4 is 10.0 Å². The van der Waals surface area contributed by atoms with Crippen LogP contribution in [0, 0.1) is 0 Å². The lowest BCUT2D eigenvalue weighted by molar-refractivity contribution is -0.0229. The van der Waals surface area contributed by atoms with Gasteiger partial charge in [0.05, 0.1) is 18.5 Å². The summed E-state index contributed by atoms with van der Waals surface area (Å²) < 4.78 is 32.4. The van der Waals surface area contributed by atoms with E-state index in [4.69, 9.17) is 4.74 Å². The first-order valence-corrected chi connectivity index (χ1v) is 9.79. The van der Waals surface area contributed by atoms with Crippen LogP contribution in [0.5, 0.6) is 0 Å². The third-order valence-corrected chi connectivity index (χ3v) is 5.73. The van der Waals surface area contributed by atoms with E-state index in [1.165, 1.54) is 12.8 Å². The van der Waals surface area contributed by atoms with Crippen molar-refractivity contribution < 1.29 is 13.2 Å². The van der Waals surface area contributed by atoms with Crippen molar-refractivity contribution in [2.45, 2.75) is 44.8 Å². The maximum atomic E-state index is 12.1. The third kappa shape index (κ3) is 6.20. The molecule has 0 aromatic carbocycles. The highest BCUT2D eigenvalue weighted by Crippen LogP contribution is 2.11. The molecule has 124 valence electrons. The summed E-state index contributed by atoms with van der Waals surface area (Å²) in [6.45, 7) is 6.93. The summed E-state index contributed by atoms with van der Waals surface area (Å²) in [7, 11) is -3.19. The molecule has 2 aliphatic heterocycles. The molecule has 0 amide bonds. The van der Waals surface area contributed by atoms with Crippen LogP contribution in [0.15, 0.2) is 0 Å². The number of hydrogen-bond donors (Lipinski definition) is 2. The van der Waals surface area contributed by atoms with Crippen molar-refractivity contribution in [3.63, 3.8) is 0 Å². The summed E-state index contributed by atoms with van der Waals surface area (Å²) >= 11 is 0. The molecule has 2 unspecified atom stereocenters. The van der Waals surface area contributed by atoms with Crippen LogP contribution in [0.25, 0.3) is 0 Å². The zero-order chi connectivity index (χ0) is 15.1. The van der Waals surface area contributed by atoms with E-state index in [1.54, 1.807) is 0 Å². The van der Waals surface area contributed by atoms with Gasteiger partial charge < -0.3 is 10.1 Å². The third-order valence-electron chi connectivity index (χ3n) is 4.35. The van der Waals surface area contributed by atoms with E-state index in [0.29, 0.717) is 25.6 Å². The molecule has 2 aliphatic rings. The van der Waals surface area contributed by atoms with E-state index in [1.807, 2.05) is 0 Å². The van der Waals surface area contributed by atoms with Gasteiger partial charge in [0.15, 0.2) is 0 Å². The molecule has 7 heteroatoms. The molecular formula is C14H29N3O3S. The van der Waals surface area contributed by atoms with Gasteiger partial charge in [0.25, 0.3) is 0 Å². The van der Waals surface area contributed by atoms with Crippen LogP contribution >= 0.6 is 0 Å². The summed E-state index contributed by atoms with van der Waals surface area (Å²) in [5.74, 6) is 0.203. The lowest BCUT2D eigenvalue weighted by Crippen LogP contribution is -2.47. The van der Waals surface area contributed by atoms with Gasteiger partial charge in [-0.05, 0) is 32.4 Å². The second-order valence-corrected chi connectivity index (χ2v) is 7.92. The van der Waals surface area contributed by atoms with Crippen LogP contribution in [0.1, 0.15) is 32.6 Å². The van der Waals surface area contributed by atoms with Crippen molar-refractivity contribution in [2.75, 3.05) is 45.1 Å². The van der Waals surface area contributed by atoms with Gasteiger partial charge >= 0.3 is 0 Å². The predicted octanol–water partition coefficient (Wildman–Crippen LogP) is 0.159. The van der Waals surface area contributed by atoms with Gasteiger partial charge in [-0.15, -0.1) is 0 Å². The normalized spacial score (nSPS) is 28.6. The first kappa shape index (κ1) is 17.1. The Labute approximate surface area is 128 Å². The Morgan fingerprint density at radius 1 is 1.38 bits per heavy atom. The summed E-state index contributed by atoms with van der Waals surface area (Å²) in [6.07, 6.45) is 4.16. The van der Waals surface area contributed by atoms with Crippen LogP contribution in [0.2, 0.25) is 0 Å². The van der Waals surface area contributed by atoms with Crippen LogP contribution in [-0.2, 0) is 14.8 Å². The number of likely N-dealkylation sites (N-methyl/N-ethyl adjacent to an activating group) is 1. The Kier molecular flexibility index (Phi) is 6.88. The largest absolute Gasteiger partial charge is 0.374 e. The lowest BCUT2D eigenvalue weighted by atomic mass is 10.0. The van der Waals surface area contributed by atoms with Gasteiger partial charge in [0.1, 0.15) is 0 Å². The van der Waals surface area contributed by atoms with Crippen LogP contribution in [0.4, 0.5) is 0 Å². The molecule has 0 aliphatic carbocycles. The molecule has 0 saturated carbocycles. The summed E-state index contributed by atoms with van der Waals surface area (Å²) in [4.78, 5) is 2.29. The topological polar surface area (TPSA) is 70.7 Å². The molecule has 2 N–H and O–H groups in total. The van der Waals surface area contributed by atoms with E-state index in [0.717, 1.165) is 32.6 Å². The zero-order valence-corrected chi connectivity index (χ0v) is 13.8. The maximum Gasteiger partial charge on any atom is 0.211 e. The fraction of sp³-hybridized carbons (Fsp3) is 1.00. The Balaban J connectivity index is 1.68. The zero-order valence-electron chi connectivity index (χ0n) is 13.0. The van der Waals surface area contributed by atoms with E-state index in [2.05, 4.69) is 21.9 Å². The molecule has 2 atom stereocenters. The summed E-state index contributed by atoms with van der Waals surface area (Å²) in [6, 6.07) is 0.358. The highest BCUT2D eigenvalue weighted by molar-refractivity contribution is 7.89. The van der Waals surface area contributed by atoms with Gasteiger partial charge in [0.2, 0.25) is 10.0 Å². The summed E-state index contributed by atoms with van der Waals surface area (Å²) in [5, 5.41) is 3.39. The molecule has 6 nitrogen and oxygen atoms in total. The number of sulfonamides is 1. The van der Waals surface area contributed by atoms with Crippen LogP contribution in [0.3, 0.4) is 0 Å². The SMILES string of the molecule is CCN1CCOC(CNS(=O)(=O)CCC2CCCCN2)C1. The lowest BCUT2D eigenvalue weighted by Gasteiger charge is -2.32. The van der Waals surface area contributed by atoms with Crippen molar-refractivity contribution in [1.29, 1.82) is 0 Å². The number of rotatable bonds is 7. The van der Waals surface area contributed by atoms with Crippen molar-refractivity contribution >= 4 is 10.0 Å². The number of hydrogen-bond acceptors (Lipinski definition) is 5. The van der Waals surface area contributed by atoms with Gasteiger partial charge in [0, 0.05) is 25.7 Å². The van der Waals surface area contributed by atoms with Gasteiger partial charge in [-0.1, -0.05) is 13.3 Å². The molecule has 21 heavy (non-hydrogen) atoms. The summed E-state index contributed by atoms with van der Waals surface area (Å²) in [5.41, 5.74) is 0. The highest BCUT2D eigenvalue weighted by Gasteiger charge is 2.22. The molecule has 2 heterocycles. The number of morpholine rings is 1. The van der Waals surface area contributed by atoms with E-state index in [-0.39, 0.29) is 11.9 Å². The average molecular weight is 319 g/mol. The Bertz CT molecular complexity index is 396. The smallest absolute Gasteiger partial charge is 0.211 e. The van der Waals surface area contributed by atoms with E-state index in [9.17, 15) is 8.42 Å². The number of nitrogens with one attached hydrogen (secondary N) is 2. The minimum Gasteiger partial charge on any atom is -0.374 e. The minimum absolute atomic E-state index is 0.0266. The fourth-order valence-corrected chi connectivity index (χ4v) is 4.13. The number of ether oxygens (including phenoxy) is 1. The first-order valence-electron chi connectivity index (χ1n) is 8.14. The van der Waals surface area contributed by atoms with Crippen LogP contribution in [-0.4, -0.2) is 70.5 Å². The number of piperidine rings is 1. The van der Waals surface area contributed by atoms with Gasteiger partial charge in [-0.25, -0.2) is 13.1 Å². The molecule has 0 radical (unpaired) electrons. The van der Waals surface area contributed by atoms with Crippen molar-refractivity contribution in [3.8, 4) is 0 Å². The molecule has 0 aromatic heterocycles. The molecule has 2 fully saturated rings. The van der Waals surface area contributed by atoms with E-state index < -0.39 is 10.0 Å². The predicted molar refractivity (Wildman–Crippen MR) is 83.9 cm³/mol. The van der Waals surface area contributed by atoms with Crippen molar-refractivity contribution in [1.82, 2.24) is 14.9 Å². The van der Waals surface area contributed by atoms with Gasteiger partial charge in [-0.3, -0.25) is 4.90 Å². The molecule has 0 bridgehead atoms. The van der Waals surface area contributed by atoms with E-state index >= 15 is 0 Å². The Morgan fingerprint density at radius 2 is 2.24 bits per heavy atom. The van der Waals surface area contributed by atoms with Crippen molar-refractivity contribution in [2.24, 2.45) is 0 Å². The first-order chi connectivity index (χ1) is 10.1.